The second kappa shape index (κ2) is 7.03. The molecule has 4 heteroatoms. The van der Waals surface area contributed by atoms with Gasteiger partial charge in [0.15, 0.2) is 0 Å². The molecule has 4 nitrogen and oxygen atoms in total. The minimum atomic E-state index is -0.433. The van der Waals surface area contributed by atoms with Crippen molar-refractivity contribution in [2.24, 2.45) is 0 Å². The first-order valence-corrected chi connectivity index (χ1v) is 9.49. The van der Waals surface area contributed by atoms with Gasteiger partial charge in [0.2, 0.25) is 0 Å². The van der Waals surface area contributed by atoms with E-state index in [1.165, 1.54) is 36.9 Å². The Labute approximate surface area is 144 Å². The van der Waals surface area contributed by atoms with Crippen LogP contribution < -0.4 is 4.90 Å². The van der Waals surface area contributed by atoms with Crippen LogP contribution in [0.5, 0.6) is 0 Å². The zero-order valence-corrected chi connectivity index (χ0v) is 14.5. The average molecular weight is 331 g/mol. The Bertz CT molecular complexity index is 550. The minimum absolute atomic E-state index is 0.250. The number of aliphatic hydroxyl groups excluding tert-OH is 1. The van der Waals surface area contributed by atoms with Crippen molar-refractivity contribution in [3.8, 4) is 0 Å². The van der Waals surface area contributed by atoms with Crippen molar-refractivity contribution in [1.82, 2.24) is 0 Å². The molecule has 1 saturated heterocycles. The summed E-state index contributed by atoms with van der Waals surface area (Å²) in [6, 6.07) is 8.79. The standard InChI is InChI=1S/C20H29NO3/c22-16(14-24-17-7-11-23-12-8-17)13-21-15-20(9-3-4-10-20)18-5-1-2-6-19(18)21/h1-2,5-6,16-17,22H,3-4,7-15H2. The fraction of sp³-hybridized carbons (Fsp3) is 0.700. The topological polar surface area (TPSA) is 41.9 Å². The number of para-hydroxylation sites is 1. The van der Waals surface area contributed by atoms with E-state index in [1.54, 1.807) is 0 Å². The normalized spacial score (nSPS) is 24.5. The largest absolute Gasteiger partial charge is 0.389 e. The van der Waals surface area contributed by atoms with Crippen molar-refractivity contribution in [2.75, 3.05) is 37.8 Å². The third-order valence-electron chi connectivity index (χ3n) is 5.99. The van der Waals surface area contributed by atoms with Gasteiger partial charge in [-0.25, -0.2) is 0 Å². The summed E-state index contributed by atoms with van der Waals surface area (Å²) < 4.78 is 11.3. The van der Waals surface area contributed by atoms with Crippen LogP contribution in [-0.4, -0.2) is 50.2 Å². The summed E-state index contributed by atoms with van der Waals surface area (Å²) in [4.78, 5) is 2.39. The molecule has 132 valence electrons. The van der Waals surface area contributed by atoms with Gasteiger partial charge in [-0.1, -0.05) is 31.0 Å². The number of aliphatic hydroxyl groups is 1. The molecule has 0 radical (unpaired) electrons. The average Bonchev–Trinajstić information content (AvgIpc) is 3.21. The zero-order chi connectivity index (χ0) is 16.4. The number of hydrogen-bond donors (Lipinski definition) is 1. The molecule has 1 aliphatic carbocycles. The van der Waals surface area contributed by atoms with Crippen molar-refractivity contribution in [3.63, 3.8) is 0 Å². The molecule has 0 aromatic heterocycles. The van der Waals surface area contributed by atoms with Crippen molar-refractivity contribution < 1.29 is 14.6 Å². The molecule has 4 rings (SSSR count). The van der Waals surface area contributed by atoms with E-state index in [2.05, 4.69) is 29.2 Å². The molecule has 24 heavy (non-hydrogen) atoms. The molecular weight excluding hydrogens is 302 g/mol. The summed E-state index contributed by atoms with van der Waals surface area (Å²) in [6.07, 6.45) is 6.95. The number of anilines is 1. The Hall–Kier alpha value is -1.10. The molecule has 3 aliphatic rings. The smallest absolute Gasteiger partial charge is 0.0948 e. The van der Waals surface area contributed by atoms with Gasteiger partial charge in [0, 0.05) is 37.4 Å². The predicted molar refractivity (Wildman–Crippen MR) is 94.6 cm³/mol. The summed E-state index contributed by atoms with van der Waals surface area (Å²) in [5, 5.41) is 10.5. The second-order valence-corrected chi connectivity index (χ2v) is 7.68. The lowest BCUT2D eigenvalue weighted by Crippen LogP contribution is -2.38. The first kappa shape index (κ1) is 16.4. The van der Waals surface area contributed by atoms with Gasteiger partial charge >= 0.3 is 0 Å². The lowest BCUT2D eigenvalue weighted by molar-refractivity contribution is -0.0575. The molecule has 1 unspecified atom stereocenters. The maximum absolute atomic E-state index is 10.5. The molecule has 1 spiro atoms. The lowest BCUT2D eigenvalue weighted by atomic mass is 9.81. The summed E-state index contributed by atoms with van der Waals surface area (Å²) >= 11 is 0. The molecule has 2 aliphatic heterocycles. The number of β-amino-alcohol motifs (C(OH)–C–C–N with tert-alkyl or cyclic N) is 1. The van der Waals surface area contributed by atoms with Crippen LogP contribution in [0.4, 0.5) is 5.69 Å². The van der Waals surface area contributed by atoms with Gasteiger partial charge in [-0.05, 0) is 37.3 Å². The molecule has 2 heterocycles. The van der Waals surface area contributed by atoms with Crippen LogP contribution in [0.1, 0.15) is 44.1 Å². The second-order valence-electron chi connectivity index (χ2n) is 7.68. The summed E-state index contributed by atoms with van der Waals surface area (Å²) in [5.41, 5.74) is 3.15. The summed E-state index contributed by atoms with van der Waals surface area (Å²) in [5.74, 6) is 0. The Balaban J connectivity index is 1.38. The van der Waals surface area contributed by atoms with Crippen molar-refractivity contribution >= 4 is 5.69 Å². The fourth-order valence-corrected chi connectivity index (χ4v) is 4.77. The Kier molecular flexibility index (Phi) is 4.79. The molecule has 0 bridgehead atoms. The van der Waals surface area contributed by atoms with Crippen LogP contribution in [0.3, 0.4) is 0 Å². The maximum atomic E-state index is 10.5. The van der Waals surface area contributed by atoms with Gasteiger partial charge in [-0.3, -0.25) is 0 Å². The van der Waals surface area contributed by atoms with E-state index in [0.717, 1.165) is 32.6 Å². The number of fused-ring (bicyclic) bond motifs is 2. The highest BCUT2D eigenvalue weighted by Crippen LogP contribution is 2.50. The summed E-state index contributed by atoms with van der Waals surface area (Å²) in [7, 11) is 0. The molecule has 1 aromatic rings. The lowest BCUT2D eigenvalue weighted by Gasteiger charge is -2.28. The van der Waals surface area contributed by atoms with Gasteiger partial charge in [0.1, 0.15) is 0 Å². The van der Waals surface area contributed by atoms with Crippen LogP contribution >= 0.6 is 0 Å². The van der Waals surface area contributed by atoms with E-state index in [-0.39, 0.29) is 6.10 Å². The minimum Gasteiger partial charge on any atom is -0.389 e. The number of hydrogen-bond acceptors (Lipinski definition) is 4. The molecular formula is C20H29NO3. The first-order chi connectivity index (χ1) is 11.8. The number of benzene rings is 1. The number of nitrogens with zero attached hydrogens (tertiary/aromatic N) is 1. The quantitative estimate of drug-likeness (QED) is 0.901. The van der Waals surface area contributed by atoms with Gasteiger partial charge in [-0.2, -0.15) is 0 Å². The van der Waals surface area contributed by atoms with Gasteiger partial charge in [0.05, 0.1) is 18.8 Å². The van der Waals surface area contributed by atoms with Crippen molar-refractivity contribution in [2.45, 2.75) is 56.1 Å². The van der Waals surface area contributed by atoms with Crippen LogP contribution in [0, 0.1) is 0 Å². The predicted octanol–water partition coefficient (Wildman–Crippen LogP) is 2.87. The van der Waals surface area contributed by atoms with E-state index in [0.29, 0.717) is 18.6 Å². The van der Waals surface area contributed by atoms with Gasteiger partial charge in [0.25, 0.3) is 0 Å². The third-order valence-corrected chi connectivity index (χ3v) is 5.99. The van der Waals surface area contributed by atoms with Crippen LogP contribution in [-0.2, 0) is 14.9 Å². The van der Waals surface area contributed by atoms with Crippen LogP contribution in [0.25, 0.3) is 0 Å². The highest BCUT2D eigenvalue weighted by atomic mass is 16.5. The summed E-state index contributed by atoms with van der Waals surface area (Å²) in [6.45, 7) is 3.71. The number of rotatable bonds is 5. The molecule has 1 saturated carbocycles. The highest BCUT2D eigenvalue weighted by Gasteiger charge is 2.44. The molecule has 1 aromatic carbocycles. The Morgan fingerprint density at radius 2 is 1.96 bits per heavy atom. The molecule has 2 fully saturated rings. The van der Waals surface area contributed by atoms with E-state index >= 15 is 0 Å². The van der Waals surface area contributed by atoms with Crippen molar-refractivity contribution in [3.05, 3.63) is 29.8 Å². The van der Waals surface area contributed by atoms with Crippen LogP contribution in [0.2, 0.25) is 0 Å². The Morgan fingerprint density at radius 1 is 1.21 bits per heavy atom. The SMILES string of the molecule is OC(COC1CCOCC1)CN1CC2(CCCC2)c2ccccc21. The first-order valence-electron chi connectivity index (χ1n) is 9.49. The Morgan fingerprint density at radius 3 is 2.75 bits per heavy atom. The fourth-order valence-electron chi connectivity index (χ4n) is 4.77. The van der Waals surface area contributed by atoms with Gasteiger partial charge < -0.3 is 19.5 Å². The van der Waals surface area contributed by atoms with E-state index in [9.17, 15) is 5.11 Å². The van der Waals surface area contributed by atoms with E-state index in [1.807, 2.05) is 0 Å². The monoisotopic (exact) mass is 331 g/mol. The zero-order valence-electron chi connectivity index (χ0n) is 14.5. The molecule has 1 atom stereocenters. The van der Waals surface area contributed by atoms with Crippen LogP contribution in [0.15, 0.2) is 24.3 Å². The van der Waals surface area contributed by atoms with E-state index in [4.69, 9.17) is 9.47 Å². The highest BCUT2D eigenvalue weighted by molar-refractivity contribution is 5.63. The van der Waals surface area contributed by atoms with Gasteiger partial charge in [-0.15, -0.1) is 0 Å². The molecule has 0 amide bonds. The van der Waals surface area contributed by atoms with Crippen molar-refractivity contribution in [1.29, 1.82) is 0 Å². The third kappa shape index (κ3) is 3.19. The molecule has 1 N–H and O–H groups in total. The maximum Gasteiger partial charge on any atom is 0.0948 e. The van der Waals surface area contributed by atoms with E-state index < -0.39 is 6.10 Å². The number of ether oxygens (including phenoxy) is 2.